The average Bonchev–Trinajstić information content (AvgIpc) is 3.48. The molecule has 3 aliphatic rings. The molecule has 1 spiro atoms. The van der Waals surface area contributed by atoms with Crippen molar-refractivity contribution in [2.75, 3.05) is 36.6 Å². The number of fused-ring (bicyclic) bond motifs is 1. The fourth-order valence-corrected chi connectivity index (χ4v) is 6.60. The number of nitrogens with one attached hydrogen (secondary N) is 2. The molecule has 2 aromatic heterocycles. The number of anilines is 2. The highest BCUT2D eigenvalue weighted by Gasteiger charge is 2.42. The van der Waals surface area contributed by atoms with Crippen LogP contribution in [0.1, 0.15) is 48.9 Å². The summed E-state index contributed by atoms with van der Waals surface area (Å²) in [7, 11) is 0. The largest absolute Gasteiger partial charge is 0.375 e. The SMILES string of the molecule is CSc1cnc(N[C@H]2CC[C@H](Nc3nc4ccc(C(=O)N5CCC6(CCO6)CC5)cc4s3)C2)nc1. The minimum Gasteiger partial charge on any atom is -0.375 e. The summed E-state index contributed by atoms with van der Waals surface area (Å²) in [5.74, 6) is 0.802. The third-order valence-corrected chi connectivity index (χ3v) is 9.15. The topological polar surface area (TPSA) is 92.3 Å². The molecule has 8 nitrogen and oxygen atoms in total. The van der Waals surface area contributed by atoms with E-state index in [1.54, 1.807) is 23.1 Å². The van der Waals surface area contributed by atoms with Gasteiger partial charge in [-0.15, -0.1) is 11.8 Å². The number of aromatic nitrogens is 3. The first-order valence-electron chi connectivity index (χ1n) is 12.3. The summed E-state index contributed by atoms with van der Waals surface area (Å²) in [4.78, 5) is 29.7. The molecule has 1 aromatic carbocycles. The van der Waals surface area contributed by atoms with Gasteiger partial charge in [0.1, 0.15) is 0 Å². The molecule has 4 heterocycles. The maximum Gasteiger partial charge on any atom is 0.253 e. The summed E-state index contributed by atoms with van der Waals surface area (Å²) in [5, 5.41) is 7.99. The number of hydrogen-bond acceptors (Lipinski definition) is 9. The van der Waals surface area contributed by atoms with Crippen LogP contribution in [0.15, 0.2) is 35.5 Å². The van der Waals surface area contributed by atoms with Crippen LogP contribution >= 0.6 is 23.1 Å². The van der Waals surface area contributed by atoms with E-state index in [1.165, 1.54) is 0 Å². The lowest BCUT2D eigenvalue weighted by Gasteiger charge is -2.47. The van der Waals surface area contributed by atoms with E-state index in [9.17, 15) is 4.79 Å². The average molecular weight is 511 g/mol. The Labute approximate surface area is 213 Å². The van der Waals surface area contributed by atoms with Crippen LogP contribution in [0.25, 0.3) is 10.2 Å². The molecule has 184 valence electrons. The van der Waals surface area contributed by atoms with Crippen molar-refractivity contribution in [2.45, 2.75) is 61.1 Å². The van der Waals surface area contributed by atoms with Gasteiger partial charge in [0.05, 0.1) is 22.4 Å². The molecular weight excluding hydrogens is 480 g/mol. The van der Waals surface area contributed by atoms with Gasteiger partial charge in [0.25, 0.3) is 5.91 Å². The second kappa shape index (κ2) is 9.55. The zero-order valence-corrected chi connectivity index (χ0v) is 21.5. The fourth-order valence-electron chi connectivity index (χ4n) is 5.30. The molecule has 2 saturated heterocycles. The van der Waals surface area contributed by atoms with E-state index in [-0.39, 0.29) is 11.5 Å². The van der Waals surface area contributed by atoms with Crippen molar-refractivity contribution in [3.05, 3.63) is 36.2 Å². The van der Waals surface area contributed by atoms with Crippen LogP contribution in [-0.4, -0.2) is 69.4 Å². The lowest BCUT2D eigenvalue weighted by atomic mass is 9.84. The highest BCUT2D eigenvalue weighted by molar-refractivity contribution is 7.98. The predicted octanol–water partition coefficient (Wildman–Crippen LogP) is 4.65. The van der Waals surface area contributed by atoms with Gasteiger partial charge < -0.3 is 20.3 Å². The Kier molecular flexibility index (Phi) is 6.28. The van der Waals surface area contributed by atoms with Gasteiger partial charge in [0, 0.05) is 48.0 Å². The Balaban J connectivity index is 1.06. The Morgan fingerprint density at radius 2 is 1.89 bits per heavy atom. The summed E-state index contributed by atoms with van der Waals surface area (Å²) in [5.41, 5.74) is 1.74. The Hall–Kier alpha value is -2.43. The highest BCUT2D eigenvalue weighted by Crippen LogP contribution is 2.37. The first kappa shape index (κ1) is 23.0. The summed E-state index contributed by atoms with van der Waals surface area (Å²) >= 11 is 3.27. The number of benzene rings is 1. The van der Waals surface area contributed by atoms with Gasteiger partial charge in [-0.2, -0.15) is 0 Å². The van der Waals surface area contributed by atoms with Gasteiger partial charge >= 0.3 is 0 Å². The minimum absolute atomic E-state index is 0.0552. The van der Waals surface area contributed by atoms with Gasteiger partial charge in [-0.1, -0.05) is 11.3 Å². The molecule has 3 fully saturated rings. The van der Waals surface area contributed by atoms with Crippen LogP contribution in [0.2, 0.25) is 0 Å². The minimum atomic E-state index is 0.0552. The van der Waals surface area contributed by atoms with Crippen LogP contribution in [0.4, 0.5) is 11.1 Å². The second-order valence-electron chi connectivity index (χ2n) is 9.72. The molecule has 10 heteroatoms. The summed E-state index contributed by atoms with van der Waals surface area (Å²) in [6.45, 7) is 2.41. The van der Waals surface area contributed by atoms with Gasteiger partial charge in [-0.25, -0.2) is 15.0 Å². The van der Waals surface area contributed by atoms with E-state index >= 15 is 0 Å². The number of ether oxygens (including phenoxy) is 1. The van der Waals surface area contributed by atoms with E-state index in [1.807, 2.05) is 41.7 Å². The van der Waals surface area contributed by atoms with E-state index in [0.29, 0.717) is 18.0 Å². The molecule has 0 unspecified atom stereocenters. The molecule has 2 N–H and O–H groups in total. The maximum absolute atomic E-state index is 13.1. The highest BCUT2D eigenvalue weighted by atomic mass is 32.2. The van der Waals surface area contributed by atoms with Gasteiger partial charge in [-0.05, 0) is 63.0 Å². The number of piperidine rings is 1. The number of nitrogens with zero attached hydrogens (tertiary/aromatic N) is 4. The number of thioether (sulfide) groups is 1. The molecule has 0 radical (unpaired) electrons. The fraction of sp³-hybridized carbons (Fsp3) is 0.520. The number of carbonyl (C=O) groups excluding carboxylic acids is 1. The van der Waals surface area contributed by atoms with E-state index in [2.05, 4.69) is 20.6 Å². The molecule has 1 saturated carbocycles. The summed E-state index contributed by atoms with van der Waals surface area (Å²) in [6, 6.07) is 6.59. The van der Waals surface area contributed by atoms with E-state index < -0.39 is 0 Å². The van der Waals surface area contributed by atoms with E-state index in [0.717, 1.165) is 84.0 Å². The quantitative estimate of drug-likeness (QED) is 0.463. The first-order chi connectivity index (χ1) is 17.1. The summed E-state index contributed by atoms with van der Waals surface area (Å²) < 4.78 is 6.84. The molecular formula is C25H30N6O2S2. The van der Waals surface area contributed by atoms with Crippen LogP contribution in [-0.2, 0) is 4.74 Å². The number of hydrogen-bond donors (Lipinski definition) is 2. The molecule has 2 aliphatic heterocycles. The van der Waals surface area contributed by atoms with Crippen molar-refractivity contribution in [1.29, 1.82) is 0 Å². The van der Waals surface area contributed by atoms with Crippen LogP contribution < -0.4 is 10.6 Å². The van der Waals surface area contributed by atoms with Gasteiger partial charge in [0.2, 0.25) is 5.95 Å². The Morgan fingerprint density at radius 3 is 2.57 bits per heavy atom. The molecule has 1 aliphatic carbocycles. The monoisotopic (exact) mass is 510 g/mol. The number of rotatable bonds is 6. The first-order valence-corrected chi connectivity index (χ1v) is 14.4. The zero-order chi connectivity index (χ0) is 23.8. The van der Waals surface area contributed by atoms with E-state index in [4.69, 9.17) is 9.72 Å². The normalized spacial score (nSPS) is 23.4. The lowest BCUT2D eigenvalue weighted by Crippen LogP contribution is -2.53. The van der Waals surface area contributed by atoms with Crippen LogP contribution in [0.5, 0.6) is 0 Å². The van der Waals surface area contributed by atoms with Crippen molar-refractivity contribution in [3.63, 3.8) is 0 Å². The molecule has 1 amide bonds. The predicted molar refractivity (Wildman–Crippen MR) is 141 cm³/mol. The molecule has 3 aromatic rings. The number of thiazole rings is 1. The maximum atomic E-state index is 13.1. The molecule has 35 heavy (non-hydrogen) atoms. The van der Waals surface area contributed by atoms with Crippen molar-refractivity contribution in [3.8, 4) is 0 Å². The van der Waals surface area contributed by atoms with Crippen molar-refractivity contribution >= 4 is 50.3 Å². The summed E-state index contributed by atoms with van der Waals surface area (Å²) in [6.07, 6.45) is 11.9. The Morgan fingerprint density at radius 1 is 1.14 bits per heavy atom. The van der Waals surface area contributed by atoms with Gasteiger partial charge in [0.15, 0.2) is 5.13 Å². The molecule has 6 rings (SSSR count). The second-order valence-corrected chi connectivity index (χ2v) is 11.6. The van der Waals surface area contributed by atoms with Crippen molar-refractivity contribution < 1.29 is 9.53 Å². The zero-order valence-electron chi connectivity index (χ0n) is 19.8. The van der Waals surface area contributed by atoms with Gasteiger partial charge in [-0.3, -0.25) is 4.79 Å². The standard InChI is InChI=1S/C25H30N6O2S2/c1-34-19-14-26-23(27-15-19)28-17-3-4-18(13-17)29-24-30-20-5-2-16(12-21(20)35-24)22(32)31-9-6-25(7-10-31)8-11-33-25/h2,5,12,14-15,17-18H,3-4,6-11,13H2,1H3,(H,29,30)(H,26,27,28)/t17-,18-/m0/s1. The number of carbonyl (C=O) groups is 1. The van der Waals surface area contributed by atoms with Crippen LogP contribution in [0.3, 0.4) is 0 Å². The van der Waals surface area contributed by atoms with Crippen molar-refractivity contribution in [1.82, 2.24) is 19.9 Å². The number of likely N-dealkylation sites (tertiary alicyclic amines) is 1. The molecule has 0 bridgehead atoms. The molecule has 2 atom stereocenters. The smallest absolute Gasteiger partial charge is 0.253 e. The Bertz CT molecular complexity index is 1200. The number of amides is 1. The van der Waals surface area contributed by atoms with Crippen LogP contribution in [0, 0.1) is 0 Å². The third kappa shape index (κ3) is 4.83. The third-order valence-electron chi connectivity index (χ3n) is 7.52. The van der Waals surface area contributed by atoms with Crippen molar-refractivity contribution in [2.24, 2.45) is 0 Å². The lowest BCUT2D eigenvalue weighted by molar-refractivity contribution is -0.169.